The molecule has 0 saturated heterocycles. The van der Waals surface area contributed by atoms with Crippen molar-refractivity contribution in [3.05, 3.63) is 76.7 Å². The van der Waals surface area contributed by atoms with Crippen molar-refractivity contribution in [1.82, 2.24) is 9.97 Å². The molecule has 2 aromatic heterocycles. The van der Waals surface area contributed by atoms with E-state index in [1.807, 2.05) is 42.5 Å². The number of fused-ring (bicyclic) bond motifs is 1. The highest BCUT2D eigenvalue weighted by molar-refractivity contribution is 6.42. The zero-order valence-corrected chi connectivity index (χ0v) is 15.1. The topological polar surface area (TPSA) is 63.0 Å². The summed E-state index contributed by atoms with van der Waals surface area (Å²) in [5.74, 6) is 2.01. The Balaban J connectivity index is 1.69. The van der Waals surface area contributed by atoms with Gasteiger partial charge in [-0.3, -0.25) is 0 Å². The van der Waals surface area contributed by atoms with E-state index >= 15 is 0 Å². The predicted molar refractivity (Wildman–Crippen MR) is 105 cm³/mol. The normalized spacial score (nSPS) is 10.8. The summed E-state index contributed by atoms with van der Waals surface area (Å²) in [7, 11) is 0. The Hall–Kier alpha value is -2.76. The first kappa shape index (κ1) is 16.7. The fraction of sp³-hybridized carbons (Fsp3) is 0.0526. The van der Waals surface area contributed by atoms with Gasteiger partial charge in [-0.25, -0.2) is 9.97 Å². The Kier molecular flexibility index (Phi) is 4.65. The summed E-state index contributed by atoms with van der Waals surface area (Å²) in [5, 5.41) is 7.48. The number of aromatic nitrogens is 2. The highest BCUT2D eigenvalue weighted by Gasteiger charge is 2.11. The maximum Gasteiger partial charge on any atom is 0.174 e. The molecule has 0 unspecified atom stereocenters. The van der Waals surface area contributed by atoms with Gasteiger partial charge in [0.25, 0.3) is 0 Å². The van der Waals surface area contributed by atoms with Crippen molar-refractivity contribution in [3.8, 4) is 0 Å². The van der Waals surface area contributed by atoms with Gasteiger partial charge in [0, 0.05) is 5.69 Å². The van der Waals surface area contributed by atoms with Gasteiger partial charge in [0.2, 0.25) is 0 Å². The number of para-hydroxylation sites is 2. The molecule has 4 aromatic rings. The van der Waals surface area contributed by atoms with Gasteiger partial charge >= 0.3 is 0 Å². The molecule has 0 aliphatic rings. The highest BCUT2D eigenvalue weighted by atomic mass is 35.5. The number of hydrogen-bond acceptors (Lipinski definition) is 5. The van der Waals surface area contributed by atoms with Crippen molar-refractivity contribution in [2.24, 2.45) is 0 Å². The molecule has 0 amide bonds. The van der Waals surface area contributed by atoms with Gasteiger partial charge in [0.05, 0.1) is 33.9 Å². The molecular formula is C19H14Cl2N4O. The van der Waals surface area contributed by atoms with Crippen LogP contribution in [0.4, 0.5) is 17.3 Å². The van der Waals surface area contributed by atoms with Crippen LogP contribution >= 0.6 is 23.2 Å². The van der Waals surface area contributed by atoms with Crippen LogP contribution in [-0.4, -0.2) is 9.97 Å². The van der Waals surface area contributed by atoms with Gasteiger partial charge in [0.1, 0.15) is 5.76 Å². The van der Waals surface area contributed by atoms with Gasteiger partial charge in [-0.2, -0.15) is 0 Å². The molecule has 0 fully saturated rings. The smallest absolute Gasteiger partial charge is 0.174 e. The van der Waals surface area contributed by atoms with Crippen LogP contribution in [0.1, 0.15) is 5.76 Å². The summed E-state index contributed by atoms with van der Waals surface area (Å²) in [4.78, 5) is 9.35. The molecule has 0 spiro atoms. The molecule has 26 heavy (non-hydrogen) atoms. The second-order valence-corrected chi connectivity index (χ2v) is 6.41. The molecule has 2 N–H and O–H groups in total. The molecule has 0 bridgehead atoms. The fourth-order valence-electron chi connectivity index (χ4n) is 2.51. The molecule has 130 valence electrons. The molecule has 2 aromatic carbocycles. The number of hydrogen-bond donors (Lipinski definition) is 2. The molecule has 0 atom stereocenters. The Bertz CT molecular complexity index is 1050. The minimum atomic E-state index is 0.468. The maximum atomic E-state index is 6.11. The highest BCUT2D eigenvalue weighted by Crippen LogP contribution is 2.29. The second-order valence-electron chi connectivity index (χ2n) is 5.60. The lowest BCUT2D eigenvalue weighted by atomic mass is 10.3. The van der Waals surface area contributed by atoms with Gasteiger partial charge in [-0.05, 0) is 42.5 Å². The van der Waals surface area contributed by atoms with Crippen molar-refractivity contribution in [2.75, 3.05) is 10.6 Å². The van der Waals surface area contributed by atoms with Gasteiger partial charge in [-0.1, -0.05) is 35.3 Å². The number of nitrogens with zero attached hydrogens (tertiary/aromatic N) is 2. The summed E-state index contributed by atoms with van der Waals surface area (Å²) in [5.41, 5.74) is 2.36. The third-order valence-electron chi connectivity index (χ3n) is 3.76. The summed E-state index contributed by atoms with van der Waals surface area (Å²) >= 11 is 12.1. The third kappa shape index (κ3) is 3.59. The first-order valence-corrected chi connectivity index (χ1v) is 8.70. The van der Waals surface area contributed by atoms with E-state index in [4.69, 9.17) is 27.6 Å². The lowest BCUT2D eigenvalue weighted by Crippen LogP contribution is -2.06. The minimum absolute atomic E-state index is 0.468. The molecule has 0 aliphatic heterocycles. The first-order chi connectivity index (χ1) is 12.7. The zero-order valence-electron chi connectivity index (χ0n) is 13.5. The van der Waals surface area contributed by atoms with Crippen LogP contribution in [0.15, 0.2) is 65.3 Å². The fourth-order valence-corrected chi connectivity index (χ4v) is 2.80. The monoisotopic (exact) mass is 384 g/mol. The molecule has 0 saturated carbocycles. The summed E-state index contributed by atoms with van der Waals surface area (Å²) in [6, 6.07) is 16.7. The van der Waals surface area contributed by atoms with Crippen LogP contribution in [0, 0.1) is 0 Å². The maximum absolute atomic E-state index is 6.11. The molecule has 7 heteroatoms. The van der Waals surface area contributed by atoms with E-state index in [-0.39, 0.29) is 0 Å². The van der Waals surface area contributed by atoms with Crippen molar-refractivity contribution in [3.63, 3.8) is 0 Å². The number of halogens is 2. The van der Waals surface area contributed by atoms with E-state index in [1.54, 1.807) is 18.4 Å². The molecule has 4 rings (SSSR count). The Morgan fingerprint density at radius 2 is 1.62 bits per heavy atom. The molecule has 2 heterocycles. The third-order valence-corrected chi connectivity index (χ3v) is 4.50. The Morgan fingerprint density at radius 3 is 2.31 bits per heavy atom. The number of benzene rings is 2. The average Bonchev–Trinajstić information content (AvgIpc) is 3.16. The van der Waals surface area contributed by atoms with E-state index < -0.39 is 0 Å². The molecule has 5 nitrogen and oxygen atoms in total. The Morgan fingerprint density at radius 1 is 0.846 bits per heavy atom. The molecule has 0 aliphatic carbocycles. The van der Waals surface area contributed by atoms with Crippen LogP contribution in [0.3, 0.4) is 0 Å². The van der Waals surface area contributed by atoms with Crippen molar-refractivity contribution >= 4 is 51.6 Å². The number of nitrogens with one attached hydrogen (secondary N) is 2. The van der Waals surface area contributed by atoms with E-state index in [0.29, 0.717) is 28.2 Å². The minimum Gasteiger partial charge on any atom is -0.467 e. The zero-order chi connectivity index (χ0) is 17.9. The SMILES string of the molecule is Clc1ccc(Nc2nc3ccccc3nc2NCc2ccco2)cc1Cl. The molecule has 0 radical (unpaired) electrons. The average molecular weight is 385 g/mol. The van der Waals surface area contributed by atoms with Crippen LogP contribution in [-0.2, 0) is 6.54 Å². The van der Waals surface area contributed by atoms with Crippen LogP contribution < -0.4 is 10.6 Å². The van der Waals surface area contributed by atoms with Gasteiger partial charge < -0.3 is 15.1 Å². The lowest BCUT2D eigenvalue weighted by molar-refractivity contribution is 0.518. The van der Waals surface area contributed by atoms with Crippen molar-refractivity contribution < 1.29 is 4.42 Å². The lowest BCUT2D eigenvalue weighted by Gasteiger charge is -2.13. The Labute approximate surface area is 160 Å². The van der Waals surface area contributed by atoms with E-state index in [9.17, 15) is 0 Å². The predicted octanol–water partition coefficient (Wildman–Crippen LogP) is 5.89. The largest absolute Gasteiger partial charge is 0.467 e. The van der Waals surface area contributed by atoms with Crippen molar-refractivity contribution in [1.29, 1.82) is 0 Å². The van der Waals surface area contributed by atoms with E-state index in [1.165, 1.54) is 0 Å². The standard InChI is InChI=1S/C19H14Cl2N4O/c20-14-8-7-12(10-15(14)21)23-19-18(22-11-13-4-3-9-26-13)24-16-5-1-2-6-17(16)25-19/h1-10H,11H2,(H,22,24)(H,23,25). The van der Waals surface area contributed by atoms with E-state index in [2.05, 4.69) is 20.6 Å². The quantitative estimate of drug-likeness (QED) is 0.449. The van der Waals surface area contributed by atoms with Gasteiger partial charge in [-0.15, -0.1) is 0 Å². The summed E-state index contributed by atoms with van der Waals surface area (Å²) in [6.45, 7) is 0.496. The second kappa shape index (κ2) is 7.23. The van der Waals surface area contributed by atoms with Crippen LogP contribution in [0.5, 0.6) is 0 Å². The van der Waals surface area contributed by atoms with Crippen LogP contribution in [0.25, 0.3) is 11.0 Å². The van der Waals surface area contributed by atoms with Crippen LogP contribution in [0.2, 0.25) is 10.0 Å². The molecular weight excluding hydrogens is 371 g/mol. The first-order valence-electron chi connectivity index (χ1n) is 7.94. The van der Waals surface area contributed by atoms with Crippen molar-refractivity contribution in [2.45, 2.75) is 6.54 Å². The number of furan rings is 1. The number of rotatable bonds is 5. The summed E-state index contributed by atoms with van der Waals surface area (Å²) < 4.78 is 5.37. The van der Waals surface area contributed by atoms with Gasteiger partial charge in [0.15, 0.2) is 11.6 Å². The summed E-state index contributed by atoms with van der Waals surface area (Å²) in [6.07, 6.45) is 1.64. The number of anilines is 3. The van der Waals surface area contributed by atoms with E-state index in [0.717, 1.165) is 22.5 Å².